The third-order valence-electron chi connectivity index (χ3n) is 2.84. The molecule has 2 aromatic rings. The van der Waals surface area contributed by atoms with E-state index in [1.165, 1.54) is 19.2 Å². The van der Waals surface area contributed by atoms with Crippen molar-refractivity contribution in [2.45, 2.75) is 24.3 Å². The number of amides is 1. The standard InChI is InChI=1S/C15H15N3O3S/c1-9(19)11-4-3-5-12(8-11)17-14(21)10(2)22-15-16-7-6-13(20)18-15/h3-8,10H,1-2H3,(H,17,21)(H,16,18,20)/t10-/m1/s1. The Morgan fingerprint density at radius 1 is 1.32 bits per heavy atom. The summed E-state index contributed by atoms with van der Waals surface area (Å²) in [6.07, 6.45) is 1.39. The molecule has 1 atom stereocenters. The van der Waals surface area contributed by atoms with Gasteiger partial charge in [-0.3, -0.25) is 14.4 Å². The van der Waals surface area contributed by atoms with Gasteiger partial charge in [-0.05, 0) is 26.0 Å². The highest BCUT2D eigenvalue weighted by molar-refractivity contribution is 8.00. The molecule has 0 unspecified atom stereocenters. The summed E-state index contributed by atoms with van der Waals surface area (Å²) in [5, 5.41) is 2.67. The quantitative estimate of drug-likeness (QED) is 0.500. The molecular weight excluding hydrogens is 302 g/mol. The Hall–Kier alpha value is -2.41. The first-order valence-corrected chi connectivity index (χ1v) is 7.47. The lowest BCUT2D eigenvalue weighted by molar-refractivity contribution is -0.115. The first-order chi connectivity index (χ1) is 10.5. The molecule has 0 saturated carbocycles. The molecule has 1 heterocycles. The maximum Gasteiger partial charge on any atom is 0.251 e. The number of thioether (sulfide) groups is 1. The molecule has 2 N–H and O–H groups in total. The summed E-state index contributed by atoms with van der Waals surface area (Å²) in [4.78, 5) is 41.2. The number of aromatic amines is 1. The molecule has 0 aliphatic rings. The van der Waals surface area contributed by atoms with Crippen molar-refractivity contribution in [1.82, 2.24) is 9.97 Å². The second-order valence-corrected chi connectivity index (χ2v) is 5.96. The number of benzene rings is 1. The number of aromatic nitrogens is 2. The minimum absolute atomic E-state index is 0.0652. The van der Waals surface area contributed by atoms with Gasteiger partial charge in [-0.2, -0.15) is 0 Å². The van der Waals surface area contributed by atoms with Crippen LogP contribution in [0.4, 0.5) is 5.69 Å². The SMILES string of the molecule is CC(=O)c1cccc(NC(=O)[C@@H](C)Sc2nccc(=O)[nH]2)c1. The van der Waals surface area contributed by atoms with Crippen molar-refractivity contribution >= 4 is 29.1 Å². The summed E-state index contributed by atoms with van der Waals surface area (Å²) in [5.41, 5.74) is 0.825. The van der Waals surface area contributed by atoms with E-state index in [2.05, 4.69) is 15.3 Å². The highest BCUT2D eigenvalue weighted by Crippen LogP contribution is 2.20. The average molecular weight is 317 g/mol. The van der Waals surface area contributed by atoms with Crippen LogP contribution in [0.15, 0.2) is 46.5 Å². The molecular formula is C15H15N3O3S. The van der Waals surface area contributed by atoms with Crippen LogP contribution in [-0.4, -0.2) is 26.9 Å². The lowest BCUT2D eigenvalue weighted by atomic mass is 10.1. The van der Waals surface area contributed by atoms with E-state index in [4.69, 9.17) is 0 Å². The fourth-order valence-electron chi connectivity index (χ4n) is 1.69. The van der Waals surface area contributed by atoms with Gasteiger partial charge in [0, 0.05) is 23.5 Å². The number of nitrogens with zero attached hydrogens (tertiary/aromatic N) is 1. The number of Topliss-reactive ketones (excluding diaryl/α,β-unsaturated/α-hetero) is 1. The second kappa shape index (κ2) is 7.04. The van der Waals surface area contributed by atoms with E-state index in [1.807, 2.05) is 0 Å². The molecule has 7 heteroatoms. The average Bonchev–Trinajstić information content (AvgIpc) is 2.47. The van der Waals surface area contributed by atoms with Gasteiger partial charge < -0.3 is 10.3 Å². The molecule has 2 rings (SSSR count). The van der Waals surface area contributed by atoms with Crippen molar-refractivity contribution < 1.29 is 9.59 Å². The van der Waals surface area contributed by atoms with E-state index in [1.54, 1.807) is 31.2 Å². The van der Waals surface area contributed by atoms with Crippen molar-refractivity contribution in [3.63, 3.8) is 0 Å². The molecule has 0 fully saturated rings. The van der Waals surface area contributed by atoms with Gasteiger partial charge in [0.05, 0.1) is 5.25 Å². The monoisotopic (exact) mass is 317 g/mol. The van der Waals surface area contributed by atoms with E-state index in [9.17, 15) is 14.4 Å². The zero-order valence-corrected chi connectivity index (χ0v) is 12.9. The molecule has 0 radical (unpaired) electrons. The van der Waals surface area contributed by atoms with Gasteiger partial charge in [0.1, 0.15) is 0 Å². The Labute approximate surface area is 131 Å². The molecule has 114 valence electrons. The second-order valence-electron chi connectivity index (χ2n) is 4.63. The Morgan fingerprint density at radius 3 is 2.77 bits per heavy atom. The molecule has 6 nitrogen and oxygen atoms in total. The number of carbonyl (C=O) groups excluding carboxylic acids is 2. The predicted octanol–water partition coefficient (Wildman–Crippen LogP) is 2.09. The summed E-state index contributed by atoms with van der Waals surface area (Å²) in [5.74, 6) is -0.304. The van der Waals surface area contributed by atoms with E-state index in [-0.39, 0.29) is 17.2 Å². The van der Waals surface area contributed by atoms with Crippen molar-refractivity contribution in [1.29, 1.82) is 0 Å². The number of anilines is 1. The summed E-state index contributed by atoms with van der Waals surface area (Å²) in [6.45, 7) is 3.18. The summed E-state index contributed by atoms with van der Waals surface area (Å²) < 4.78 is 0. The van der Waals surface area contributed by atoms with Gasteiger partial charge in [-0.1, -0.05) is 23.9 Å². The highest BCUT2D eigenvalue weighted by atomic mass is 32.2. The van der Waals surface area contributed by atoms with Gasteiger partial charge in [-0.15, -0.1) is 0 Å². The topological polar surface area (TPSA) is 91.9 Å². The molecule has 0 spiro atoms. The number of nitrogens with one attached hydrogen (secondary N) is 2. The van der Waals surface area contributed by atoms with Crippen LogP contribution in [0, 0.1) is 0 Å². The Morgan fingerprint density at radius 2 is 2.09 bits per heavy atom. The van der Waals surface area contributed by atoms with Crippen LogP contribution in [0.1, 0.15) is 24.2 Å². The van der Waals surface area contributed by atoms with Gasteiger partial charge in [0.25, 0.3) is 5.56 Å². The van der Waals surface area contributed by atoms with Crippen LogP contribution < -0.4 is 10.9 Å². The smallest absolute Gasteiger partial charge is 0.251 e. The van der Waals surface area contributed by atoms with Crippen LogP contribution in [0.3, 0.4) is 0 Å². The first kappa shape index (κ1) is 16.0. The normalized spacial score (nSPS) is 11.7. The van der Waals surface area contributed by atoms with Crippen LogP contribution in [0.2, 0.25) is 0 Å². The number of ketones is 1. The fraction of sp³-hybridized carbons (Fsp3) is 0.200. The van der Waals surface area contributed by atoms with Crippen molar-refractivity contribution in [2.24, 2.45) is 0 Å². The van der Waals surface area contributed by atoms with Crippen molar-refractivity contribution in [2.75, 3.05) is 5.32 Å². The van der Waals surface area contributed by atoms with E-state index in [0.717, 1.165) is 11.8 Å². The van der Waals surface area contributed by atoms with Crippen molar-refractivity contribution in [3.05, 3.63) is 52.4 Å². The van der Waals surface area contributed by atoms with Crippen LogP contribution in [0.5, 0.6) is 0 Å². The Bertz CT molecular complexity index is 757. The van der Waals surface area contributed by atoms with E-state index in [0.29, 0.717) is 16.4 Å². The number of carbonyl (C=O) groups is 2. The zero-order valence-electron chi connectivity index (χ0n) is 12.1. The van der Waals surface area contributed by atoms with Crippen LogP contribution in [0.25, 0.3) is 0 Å². The van der Waals surface area contributed by atoms with Gasteiger partial charge in [0.2, 0.25) is 5.91 Å². The predicted molar refractivity (Wildman–Crippen MR) is 85.3 cm³/mol. The van der Waals surface area contributed by atoms with Gasteiger partial charge in [-0.25, -0.2) is 4.98 Å². The number of H-pyrrole nitrogens is 1. The van der Waals surface area contributed by atoms with Gasteiger partial charge >= 0.3 is 0 Å². The zero-order chi connectivity index (χ0) is 16.1. The number of hydrogen-bond acceptors (Lipinski definition) is 5. The molecule has 0 aliphatic carbocycles. The fourth-order valence-corrected chi connectivity index (χ4v) is 2.47. The minimum atomic E-state index is -0.452. The van der Waals surface area contributed by atoms with Crippen LogP contribution in [-0.2, 0) is 4.79 Å². The third kappa shape index (κ3) is 4.29. The molecule has 0 aliphatic heterocycles. The summed E-state index contributed by atoms with van der Waals surface area (Å²) in [7, 11) is 0. The molecule has 0 bridgehead atoms. The van der Waals surface area contributed by atoms with Gasteiger partial charge in [0.15, 0.2) is 10.9 Å². The van der Waals surface area contributed by atoms with Crippen LogP contribution >= 0.6 is 11.8 Å². The molecule has 22 heavy (non-hydrogen) atoms. The summed E-state index contributed by atoms with van der Waals surface area (Å²) in [6, 6.07) is 8.04. The number of rotatable bonds is 5. The minimum Gasteiger partial charge on any atom is -0.325 e. The lowest BCUT2D eigenvalue weighted by Gasteiger charge is -2.11. The number of hydrogen-bond donors (Lipinski definition) is 2. The Balaban J connectivity index is 2.03. The Kier molecular flexibility index (Phi) is 5.11. The first-order valence-electron chi connectivity index (χ1n) is 6.59. The molecule has 1 aromatic heterocycles. The molecule has 1 aromatic carbocycles. The largest absolute Gasteiger partial charge is 0.325 e. The maximum atomic E-state index is 12.1. The molecule has 0 saturated heterocycles. The van der Waals surface area contributed by atoms with Crippen molar-refractivity contribution in [3.8, 4) is 0 Å². The lowest BCUT2D eigenvalue weighted by Crippen LogP contribution is -2.23. The maximum absolute atomic E-state index is 12.1. The molecule has 1 amide bonds. The highest BCUT2D eigenvalue weighted by Gasteiger charge is 2.16. The van der Waals surface area contributed by atoms with E-state index < -0.39 is 5.25 Å². The summed E-state index contributed by atoms with van der Waals surface area (Å²) >= 11 is 1.15. The third-order valence-corrected chi connectivity index (χ3v) is 3.84. The van der Waals surface area contributed by atoms with E-state index >= 15 is 0 Å².